The number of benzene rings is 2. The molecule has 0 saturated heterocycles. The quantitative estimate of drug-likeness (QED) is 0.649. The molecule has 0 spiro atoms. The first-order chi connectivity index (χ1) is 13.9. The number of amides is 1. The highest BCUT2D eigenvalue weighted by Gasteiger charge is 2.30. The van der Waals surface area contributed by atoms with Crippen molar-refractivity contribution < 1.29 is 17.9 Å². The molecule has 6 nitrogen and oxygen atoms in total. The highest BCUT2D eigenvalue weighted by Crippen LogP contribution is 2.33. The van der Waals surface area contributed by atoms with Crippen LogP contribution in [0.5, 0.6) is 5.75 Å². The number of methoxy groups -OCH3 is 1. The van der Waals surface area contributed by atoms with Gasteiger partial charge in [0.25, 0.3) is 0 Å². The third-order valence-electron chi connectivity index (χ3n) is 5.29. The Morgan fingerprint density at radius 2 is 1.86 bits per heavy atom. The lowest BCUT2D eigenvalue weighted by Gasteiger charge is -2.23. The molecule has 3 rings (SSSR count). The standard InChI is InChI=1S/C22H28N2O4S/c1-4-15(2)21(16-8-6-5-7-9-16)22(25)23-19-14-18(12-13-20(19)28-3)29(26,27)24-17-10-11-17/h5-9,12-15,17,21,24H,4,10-11H2,1-3H3,(H,23,25). The van der Waals surface area contributed by atoms with Gasteiger partial charge in [-0.05, 0) is 42.5 Å². The monoisotopic (exact) mass is 416 g/mol. The molecule has 29 heavy (non-hydrogen) atoms. The van der Waals surface area contributed by atoms with Crippen molar-refractivity contribution >= 4 is 21.6 Å². The highest BCUT2D eigenvalue weighted by molar-refractivity contribution is 7.89. The largest absolute Gasteiger partial charge is 0.495 e. The average molecular weight is 417 g/mol. The summed E-state index contributed by atoms with van der Waals surface area (Å²) in [4.78, 5) is 13.3. The van der Waals surface area contributed by atoms with Gasteiger partial charge in [-0.1, -0.05) is 50.6 Å². The van der Waals surface area contributed by atoms with Crippen LogP contribution >= 0.6 is 0 Å². The summed E-state index contributed by atoms with van der Waals surface area (Å²) in [6.07, 6.45) is 2.54. The van der Waals surface area contributed by atoms with E-state index in [0.717, 1.165) is 24.8 Å². The molecule has 1 fully saturated rings. The Bertz CT molecular complexity index is 956. The van der Waals surface area contributed by atoms with Crippen LogP contribution in [0.15, 0.2) is 53.4 Å². The van der Waals surface area contributed by atoms with Crippen LogP contribution in [-0.4, -0.2) is 27.5 Å². The molecule has 0 aliphatic heterocycles. The van der Waals surface area contributed by atoms with Crippen LogP contribution < -0.4 is 14.8 Å². The summed E-state index contributed by atoms with van der Waals surface area (Å²) < 4.78 is 33.1. The normalized spacial score (nSPS) is 16.1. The number of ether oxygens (including phenoxy) is 1. The van der Waals surface area contributed by atoms with Gasteiger partial charge in [0, 0.05) is 6.04 Å². The first kappa shape index (κ1) is 21.3. The fourth-order valence-electron chi connectivity index (χ4n) is 3.29. The Morgan fingerprint density at radius 3 is 2.45 bits per heavy atom. The first-order valence-electron chi connectivity index (χ1n) is 9.92. The summed E-state index contributed by atoms with van der Waals surface area (Å²) in [5.41, 5.74) is 1.28. The number of rotatable bonds is 9. The Kier molecular flexibility index (Phi) is 6.59. The molecular formula is C22H28N2O4S. The van der Waals surface area contributed by atoms with Crippen molar-refractivity contribution in [3.05, 3.63) is 54.1 Å². The average Bonchev–Trinajstić information content (AvgIpc) is 3.52. The predicted molar refractivity (Wildman–Crippen MR) is 114 cm³/mol. The second-order valence-electron chi connectivity index (χ2n) is 7.52. The van der Waals surface area contributed by atoms with E-state index in [1.165, 1.54) is 19.2 Å². The molecule has 1 aliphatic rings. The van der Waals surface area contributed by atoms with Crippen LogP contribution in [-0.2, 0) is 14.8 Å². The number of sulfonamides is 1. The molecule has 7 heteroatoms. The summed E-state index contributed by atoms with van der Waals surface area (Å²) in [5.74, 6) is -0.00385. The van der Waals surface area contributed by atoms with E-state index in [9.17, 15) is 13.2 Å². The molecule has 1 saturated carbocycles. The fraction of sp³-hybridized carbons (Fsp3) is 0.409. The minimum atomic E-state index is -3.63. The van der Waals surface area contributed by atoms with Gasteiger partial charge >= 0.3 is 0 Å². The molecule has 0 aromatic heterocycles. The fourth-order valence-corrected chi connectivity index (χ4v) is 4.62. The van der Waals surface area contributed by atoms with Crippen LogP contribution in [0.1, 0.15) is 44.6 Å². The van der Waals surface area contributed by atoms with Gasteiger partial charge in [-0.15, -0.1) is 0 Å². The molecule has 2 aromatic rings. The maximum absolute atomic E-state index is 13.2. The van der Waals surface area contributed by atoms with Crippen LogP contribution in [0.4, 0.5) is 5.69 Å². The lowest BCUT2D eigenvalue weighted by atomic mass is 9.85. The third-order valence-corrected chi connectivity index (χ3v) is 6.81. The maximum atomic E-state index is 13.2. The van der Waals surface area contributed by atoms with Crippen molar-refractivity contribution in [1.29, 1.82) is 0 Å². The number of carbonyl (C=O) groups excluding carboxylic acids is 1. The summed E-state index contributed by atoms with van der Waals surface area (Å²) in [5, 5.41) is 2.90. The maximum Gasteiger partial charge on any atom is 0.240 e. The SMILES string of the molecule is CCC(C)C(C(=O)Nc1cc(S(=O)(=O)NC2CC2)ccc1OC)c1ccccc1. The van der Waals surface area contributed by atoms with E-state index in [-0.39, 0.29) is 28.7 Å². The van der Waals surface area contributed by atoms with E-state index in [1.807, 2.05) is 44.2 Å². The van der Waals surface area contributed by atoms with Gasteiger partial charge in [-0.25, -0.2) is 13.1 Å². The van der Waals surface area contributed by atoms with Gasteiger partial charge in [0.05, 0.1) is 23.6 Å². The molecule has 156 valence electrons. The summed E-state index contributed by atoms with van der Waals surface area (Å²) >= 11 is 0. The van der Waals surface area contributed by atoms with Gasteiger partial charge in [0.1, 0.15) is 5.75 Å². The molecule has 2 aromatic carbocycles. The minimum Gasteiger partial charge on any atom is -0.495 e. The van der Waals surface area contributed by atoms with E-state index in [2.05, 4.69) is 10.0 Å². The number of carbonyl (C=O) groups is 1. The van der Waals surface area contributed by atoms with Crippen molar-refractivity contribution in [2.45, 2.75) is 50.0 Å². The molecule has 2 N–H and O–H groups in total. The van der Waals surface area contributed by atoms with E-state index >= 15 is 0 Å². The van der Waals surface area contributed by atoms with Crippen molar-refractivity contribution in [3.8, 4) is 5.75 Å². The van der Waals surface area contributed by atoms with Gasteiger partial charge in [0.15, 0.2) is 0 Å². The number of hydrogen-bond donors (Lipinski definition) is 2. The second kappa shape index (κ2) is 8.97. The minimum absolute atomic E-state index is 0.00741. The van der Waals surface area contributed by atoms with Crippen molar-refractivity contribution in [2.24, 2.45) is 5.92 Å². The molecule has 1 amide bonds. The van der Waals surface area contributed by atoms with Crippen LogP contribution in [0.2, 0.25) is 0 Å². The lowest BCUT2D eigenvalue weighted by Crippen LogP contribution is -2.27. The lowest BCUT2D eigenvalue weighted by molar-refractivity contribution is -0.118. The van der Waals surface area contributed by atoms with Crippen molar-refractivity contribution in [3.63, 3.8) is 0 Å². The van der Waals surface area contributed by atoms with Gasteiger partial charge in [-0.2, -0.15) is 0 Å². The highest BCUT2D eigenvalue weighted by atomic mass is 32.2. The summed E-state index contributed by atoms with van der Waals surface area (Å²) in [6, 6.07) is 14.1. The first-order valence-corrected chi connectivity index (χ1v) is 11.4. The Labute approximate surface area is 172 Å². The summed E-state index contributed by atoms with van der Waals surface area (Å²) in [6.45, 7) is 4.08. The molecule has 0 bridgehead atoms. The zero-order valence-corrected chi connectivity index (χ0v) is 17.8. The molecule has 2 unspecified atom stereocenters. The molecular weight excluding hydrogens is 388 g/mol. The zero-order valence-electron chi connectivity index (χ0n) is 17.0. The smallest absolute Gasteiger partial charge is 0.240 e. The topological polar surface area (TPSA) is 84.5 Å². The molecule has 1 aliphatic carbocycles. The van der Waals surface area contributed by atoms with Crippen LogP contribution in [0, 0.1) is 5.92 Å². The number of anilines is 1. The van der Waals surface area contributed by atoms with Gasteiger partial charge in [0.2, 0.25) is 15.9 Å². The van der Waals surface area contributed by atoms with Crippen LogP contribution in [0.25, 0.3) is 0 Å². The van der Waals surface area contributed by atoms with Crippen LogP contribution in [0.3, 0.4) is 0 Å². The summed E-state index contributed by atoms with van der Waals surface area (Å²) in [7, 11) is -2.14. The van der Waals surface area contributed by atoms with E-state index in [0.29, 0.717) is 11.4 Å². The predicted octanol–water partition coefficient (Wildman–Crippen LogP) is 3.90. The zero-order chi connectivity index (χ0) is 21.0. The Morgan fingerprint density at radius 1 is 1.17 bits per heavy atom. The Hall–Kier alpha value is -2.38. The third kappa shape index (κ3) is 5.16. The van der Waals surface area contributed by atoms with Gasteiger partial charge in [-0.3, -0.25) is 4.79 Å². The molecule has 0 heterocycles. The number of hydrogen-bond acceptors (Lipinski definition) is 4. The van der Waals surface area contributed by atoms with E-state index in [1.54, 1.807) is 6.07 Å². The van der Waals surface area contributed by atoms with Crippen molar-refractivity contribution in [2.75, 3.05) is 12.4 Å². The van der Waals surface area contributed by atoms with Crippen molar-refractivity contribution in [1.82, 2.24) is 4.72 Å². The van der Waals surface area contributed by atoms with E-state index < -0.39 is 10.0 Å². The molecule has 0 radical (unpaired) electrons. The molecule has 2 atom stereocenters. The van der Waals surface area contributed by atoms with Gasteiger partial charge < -0.3 is 10.1 Å². The Balaban J connectivity index is 1.90. The second-order valence-corrected chi connectivity index (χ2v) is 9.23. The number of nitrogens with one attached hydrogen (secondary N) is 2. The van der Waals surface area contributed by atoms with E-state index in [4.69, 9.17) is 4.74 Å².